The van der Waals surface area contributed by atoms with E-state index in [9.17, 15) is 13.2 Å². The number of sulfonamides is 1. The standard InChI is InChI=1S/C20H22N4O5S3/c1-14(17-6-3-11-30-17)21-18(25)13-31-20-23-22-19(29-20)15-4-2-5-16(12-15)32(26,27)24-7-9-28-10-8-24/h2-6,11-12,14H,7-10,13H2,1H3,(H,21,25). The molecule has 1 saturated heterocycles. The van der Waals surface area contributed by atoms with E-state index in [1.807, 2.05) is 24.4 Å². The number of rotatable bonds is 8. The van der Waals surface area contributed by atoms with Crippen LogP contribution in [-0.2, 0) is 19.6 Å². The van der Waals surface area contributed by atoms with Crippen molar-refractivity contribution in [3.05, 3.63) is 46.7 Å². The number of hydrogen-bond donors (Lipinski definition) is 1. The molecule has 1 fully saturated rings. The number of carbonyl (C=O) groups excluding carboxylic acids is 1. The Kier molecular flexibility index (Phi) is 7.26. The minimum Gasteiger partial charge on any atom is -0.411 e. The molecule has 9 nitrogen and oxygen atoms in total. The van der Waals surface area contributed by atoms with Gasteiger partial charge in [-0.15, -0.1) is 21.5 Å². The second-order valence-corrected chi connectivity index (χ2v) is 10.9. The number of amides is 1. The molecular formula is C20H22N4O5S3. The number of benzene rings is 1. The lowest BCUT2D eigenvalue weighted by Gasteiger charge is -2.26. The Bertz CT molecular complexity index is 1160. The van der Waals surface area contributed by atoms with Crippen LogP contribution in [0.5, 0.6) is 0 Å². The summed E-state index contributed by atoms with van der Waals surface area (Å²) in [6, 6.07) is 10.2. The summed E-state index contributed by atoms with van der Waals surface area (Å²) in [5.41, 5.74) is 0.495. The van der Waals surface area contributed by atoms with Crippen LogP contribution in [0.4, 0.5) is 0 Å². The highest BCUT2D eigenvalue weighted by Crippen LogP contribution is 2.27. The highest BCUT2D eigenvalue weighted by molar-refractivity contribution is 7.99. The number of hydrogen-bond acceptors (Lipinski definition) is 9. The van der Waals surface area contributed by atoms with Crippen molar-refractivity contribution >= 4 is 39.0 Å². The van der Waals surface area contributed by atoms with Crippen LogP contribution in [-0.4, -0.2) is 60.9 Å². The summed E-state index contributed by atoms with van der Waals surface area (Å²) in [7, 11) is -3.63. The number of morpholine rings is 1. The minimum atomic E-state index is -3.63. The Balaban J connectivity index is 1.39. The van der Waals surface area contributed by atoms with Crippen LogP contribution in [0.1, 0.15) is 17.8 Å². The van der Waals surface area contributed by atoms with Crippen LogP contribution in [0.15, 0.2) is 56.3 Å². The van der Waals surface area contributed by atoms with Gasteiger partial charge >= 0.3 is 0 Å². The zero-order valence-electron chi connectivity index (χ0n) is 17.3. The molecule has 32 heavy (non-hydrogen) atoms. The second-order valence-electron chi connectivity index (χ2n) is 7.01. The van der Waals surface area contributed by atoms with Gasteiger partial charge in [-0.2, -0.15) is 4.31 Å². The molecule has 2 aromatic heterocycles. The van der Waals surface area contributed by atoms with E-state index < -0.39 is 10.0 Å². The lowest BCUT2D eigenvalue weighted by Crippen LogP contribution is -2.40. The van der Waals surface area contributed by atoms with Crippen molar-refractivity contribution in [2.24, 2.45) is 0 Å². The maximum Gasteiger partial charge on any atom is 0.277 e. The van der Waals surface area contributed by atoms with E-state index in [1.165, 1.54) is 10.4 Å². The first-order chi connectivity index (χ1) is 15.4. The Morgan fingerprint density at radius 3 is 2.81 bits per heavy atom. The van der Waals surface area contributed by atoms with Gasteiger partial charge in [-0.3, -0.25) is 4.79 Å². The van der Waals surface area contributed by atoms with E-state index in [0.29, 0.717) is 31.9 Å². The molecule has 1 N–H and O–H groups in total. The number of ether oxygens (including phenoxy) is 1. The number of aromatic nitrogens is 2. The van der Waals surface area contributed by atoms with Gasteiger partial charge in [0.05, 0.1) is 29.9 Å². The van der Waals surface area contributed by atoms with Crippen LogP contribution >= 0.6 is 23.1 Å². The minimum absolute atomic E-state index is 0.0718. The average Bonchev–Trinajstić information content (AvgIpc) is 3.51. The molecule has 1 aliphatic heterocycles. The zero-order valence-corrected chi connectivity index (χ0v) is 19.7. The first-order valence-electron chi connectivity index (χ1n) is 9.91. The van der Waals surface area contributed by atoms with Crippen molar-refractivity contribution < 1.29 is 22.4 Å². The van der Waals surface area contributed by atoms with Crippen molar-refractivity contribution in [2.45, 2.75) is 23.1 Å². The van der Waals surface area contributed by atoms with Crippen molar-refractivity contribution in [1.82, 2.24) is 19.8 Å². The summed E-state index contributed by atoms with van der Waals surface area (Å²) in [6.45, 7) is 3.32. The zero-order chi connectivity index (χ0) is 22.6. The first-order valence-corrected chi connectivity index (χ1v) is 13.2. The normalized spacial score (nSPS) is 16.0. The predicted octanol–water partition coefficient (Wildman–Crippen LogP) is 2.79. The van der Waals surface area contributed by atoms with Gasteiger partial charge in [0.2, 0.25) is 21.8 Å². The van der Waals surface area contributed by atoms with Gasteiger partial charge in [-0.1, -0.05) is 23.9 Å². The van der Waals surface area contributed by atoms with E-state index in [-0.39, 0.29) is 33.7 Å². The maximum atomic E-state index is 12.9. The number of nitrogens with zero attached hydrogens (tertiary/aromatic N) is 3. The fraction of sp³-hybridized carbons (Fsp3) is 0.350. The molecule has 3 heterocycles. The molecule has 0 bridgehead atoms. The van der Waals surface area contributed by atoms with Crippen molar-refractivity contribution in [3.63, 3.8) is 0 Å². The molecule has 170 valence electrons. The molecule has 1 aliphatic rings. The highest BCUT2D eigenvalue weighted by Gasteiger charge is 2.27. The van der Waals surface area contributed by atoms with Gasteiger partial charge in [0.1, 0.15) is 0 Å². The third-order valence-electron chi connectivity index (χ3n) is 4.77. The molecule has 4 rings (SSSR count). The molecule has 0 spiro atoms. The van der Waals surface area contributed by atoms with E-state index >= 15 is 0 Å². The molecule has 0 aliphatic carbocycles. The highest BCUT2D eigenvalue weighted by atomic mass is 32.2. The van der Waals surface area contributed by atoms with E-state index in [4.69, 9.17) is 9.15 Å². The molecule has 0 radical (unpaired) electrons. The molecule has 1 aromatic carbocycles. The predicted molar refractivity (Wildman–Crippen MR) is 121 cm³/mol. The summed E-state index contributed by atoms with van der Waals surface area (Å²) in [4.78, 5) is 13.4. The van der Waals surface area contributed by atoms with Crippen LogP contribution in [0.25, 0.3) is 11.5 Å². The summed E-state index contributed by atoms with van der Waals surface area (Å²) < 4.78 is 38.0. The first kappa shape index (κ1) is 22.9. The van der Waals surface area contributed by atoms with E-state index in [2.05, 4.69) is 15.5 Å². The quantitative estimate of drug-likeness (QED) is 0.476. The van der Waals surface area contributed by atoms with E-state index in [0.717, 1.165) is 16.6 Å². The molecule has 12 heteroatoms. The molecule has 1 unspecified atom stereocenters. The lowest BCUT2D eigenvalue weighted by molar-refractivity contribution is -0.119. The summed E-state index contributed by atoms with van der Waals surface area (Å²) >= 11 is 2.71. The second kappa shape index (κ2) is 10.1. The SMILES string of the molecule is CC(NC(=O)CSc1nnc(-c2cccc(S(=O)(=O)N3CCOCC3)c2)o1)c1cccs1. The van der Waals surface area contributed by atoms with Gasteiger partial charge in [-0.05, 0) is 36.6 Å². The summed E-state index contributed by atoms with van der Waals surface area (Å²) in [5.74, 6) is 0.177. The van der Waals surface area contributed by atoms with E-state index in [1.54, 1.807) is 29.5 Å². The molecule has 0 saturated carbocycles. The van der Waals surface area contributed by atoms with Crippen LogP contribution in [0.2, 0.25) is 0 Å². The fourth-order valence-electron chi connectivity index (χ4n) is 3.13. The van der Waals surface area contributed by atoms with Gasteiger partial charge in [-0.25, -0.2) is 8.42 Å². The molecule has 1 atom stereocenters. The number of thiophene rings is 1. The van der Waals surface area contributed by atoms with Gasteiger partial charge < -0.3 is 14.5 Å². The Morgan fingerprint density at radius 1 is 1.25 bits per heavy atom. The number of carbonyl (C=O) groups is 1. The summed E-state index contributed by atoms with van der Waals surface area (Å²) in [5, 5.41) is 13.1. The van der Waals surface area contributed by atoms with Crippen LogP contribution < -0.4 is 5.32 Å². The third-order valence-corrected chi connectivity index (χ3v) is 8.54. The van der Waals surface area contributed by atoms with Crippen molar-refractivity contribution in [3.8, 4) is 11.5 Å². The van der Waals surface area contributed by atoms with Crippen molar-refractivity contribution in [2.75, 3.05) is 32.1 Å². The van der Waals surface area contributed by atoms with Crippen LogP contribution in [0, 0.1) is 0 Å². The third kappa shape index (κ3) is 5.38. The van der Waals surface area contributed by atoms with Gasteiger partial charge in [0, 0.05) is 23.5 Å². The Hall–Kier alpha value is -2.25. The fourth-order valence-corrected chi connectivity index (χ4v) is 5.89. The van der Waals surface area contributed by atoms with Gasteiger partial charge in [0.25, 0.3) is 5.22 Å². The molecule has 3 aromatic rings. The van der Waals surface area contributed by atoms with Crippen LogP contribution in [0.3, 0.4) is 0 Å². The number of thioether (sulfide) groups is 1. The molecular weight excluding hydrogens is 472 g/mol. The summed E-state index contributed by atoms with van der Waals surface area (Å²) in [6.07, 6.45) is 0. The Morgan fingerprint density at radius 2 is 2.06 bits per heavy atom. The molecule has 1 amide bonds. The van der Waals surface area contributed by atoms with Crippen molar-refractivity contribution in [1.29, 1.82) is 0 Å². The topological polar surface area (TPSA) is 115 Å². The number of nitrogens with one attached hydrogen (secondary N) is 1. The Labute approximate surface area is 194 Å². The lowest BCUT2D eigenvalue weighted by atomic mass is 10.2. The maximum absolute atomic E-state index is 12.9. The average molecular weight is 495 g/mol. The monoisotopic (exact) mass is 494 g/mol. The smallest absolute Gasteiger partial charge is 0.277 e. The largest absolute Gasteiger partial charge is 0.411 e. The van der Waals surface area contributed by atoms with Gasteiger partial charge in [0.15, 0.2) is 0 Å².